The van der Waals surface area contributed by atoms with Crippen molar-refractivity contribution >= 4 is 12.1 Å². The van der Waals surface area contributed by atoms with E-state index in [4.69, 9.17) is 4.74 Å². The molecule has 24 heavy (non-hydrogen) atoms. The molecule has 0 atom stereocenters. The van der Waals surface area contributed by atoms with Crippen LogP contribution in [0.3, 0.4) is 0 Å². The summed E-state index contributed by atoms with van der Waals surface area (Å²) in [7, 11) is 0. The van der Waals surface area contributed by atoms with Crippen LogP contribution in [-0.2, 0) is 4.79 Å². The van der Waals surface area contributed by atoms with Crippen LogP contribution in [0.2, 0.25) is 0 Å². The van der Waals surface area contributed by atoms with Crippen molar-refractivity contribution in [2.45, 2.75) is 20.8 Å². The largest absolute Gasteiger partial charge is 0.508 e. The van der Waals surface area contributed by atoms with Gasteiger partial charge in [-0.1, -0.05) is 12.1 Å². The molecule has 0 unspecified atom stereocenters. The van der Waals surface area contributed by atoms with E-state index >= 15 is 0 Å². The van der Waals surface area contributed by atoms with Crippen molar-refractivity contribution in [2.24, 2.45) is 5.10 Å². The zero-order chi connectivity index (χ0) is 17.7. The first kappa shape index (κ1) is 17.3. The second kappa shape index (κ2) is 7.50. The molecule has 0 bridgehead atoms. The van der Waals surface area contributed by atoms with Crippen molar-refractivity contribution in [1.82, 2.24) is 5.43 Å². The zero-order valence-corrected chi connectivity index (χ0v) is 13.8. The SMILES string of the molecule is Cc1cccc(OCC(=O)N/N=C\c2c(C)cc(O)cc2O)c1C. The number of phenols is 2. The van der Waals surface area contributed by atoms with E-state index in [1.807, 2.05) is 26.0 Å². The molecule has 0 saturated heterocycles. The third-order valence-electron chi connectivity index (χ3n) is 3.65. The summed E-state index contributed by atoms with van der Waals surface area (Å²) in [4.78, 5) is 11.8. The summed E-state index contributed by atoms with van der Waals surface area (Å²) in [5, 5.41) is 22.9. The first-order valence-corrected chi connectivity index (χ1v) is 7.42. The van der Waals surface area contributed by atoms with E-state index in [0.29, 0.717) is 16.9 Å². The van der Waals surface area contributed by atoms with Gasteiger partial charge in [-0.2, -0.15) is 5.10 Å². The van der Waals surface area contributed by atoms with Crippen LogP contribution in [0.25, 0.3) is 0 Å². The van der Waals surface area contributed by atoms with E-state index in [1.165, 1.54) is 18.3 Å². The maximum Gasteiger partial charge on any atom is 0.277 e. The molecule has 6 nitrogen and oxygen atoms in total. The average Bonchev–Trinajstić information content (AvgIpc) is 2.51. The highest BCUT2D eigenvalue weighted by molar-refractivity contribution is 5.87. The van der Waals surface area contributed by atoms with Crippen LogP contribution in [0.4, 0.5) is 0 Å². The van der Waals surface area contributed by atoms with Gasteiger partial charge >= 0.3 is 0 Å². The smallest absolute Gasteiger partial charge is 0.277 e. The van der Waals surface area contributed by atoms with Gasteiger partial charge in [0.15, 0.2) is 6.61 Å². The lowest BCUT2D eigenvalue weighted by molar-refractivity contribution is -0.123. The number of nitrogens with zero attached hydrogens (tertiary/aromatic N) is 1. The van der Waals surface area contributed by atoms with Gasteiger partial charge in [-0.25, -0.2) is 5.43 Å². The Kier molecular flexibility index (Phi) is 5.42. The number of carbonyl (C=O) groups is 1. The highest BCUT2D eigenvalue weighted by atomic mass is 16.5. The maximum absolute atomic E-state index is 11.8. The standard InChI is InChI=1S/C18H20N2O4/c1-11-5-4-6-17(13(11)3)24-10-18(23)20-19-9-15-12(2)7-14(21)8-16(15)22/h4-9,21-22H,10H2,1-3H3,(H,20,23)/b19-9-. The van der Waals surface area contributed by atoms with Gasteiger partial charge in [-0.05, 0) is 49.6 Å². The Morgan fingerprint density at radius 2 is 1.96 bits per heavy atom. The van der Waals surface area contributed by atoms with Crippen molar-refractivity contribution in [3.8, 4) is 17.2 Å². The van der Waals surface area contributed by atoms with Crippen molar-refractivity contribution < 1.29 is 19.7 Å². The third-order valence-corrected chi connectivity index (χ3v) is 3.65. The minimum Gasteiger partial charge on any atom is -0.508 e. The fraction of sp³-hybridized carbons (Fsp3) is 0.222. The number of aromatic hydroxyl groups is 2. The molecule has 2 aromatic rings. The second-order valence-electron chi connectivity index (χ2n) is 5.48. The molecule has 0 radical (unpaired) electrons. The number of rotatable bonds is 5. The molecule has 0 fully saturated rings. The van der Waals surface area contributed by atoms with Crippen LogP contribution >= 0.6 is 0 Å². The number of aryl methyl sites for hydroxylation is 2. The number of hydrogen-bond donors (Lipinski definition) is 3. The van der Waals surface area contributed by atoms with Gasteiger partial charge in [0.25, 0.3) is 5.91 Å². The molecule has 0 aromatic heterocycles. The molecule has 6 heteroatoms. The van der Waals surface area contributed by atoms with Gasteiger partial charge in [0, 0.05) is 11.6 Å². The summed E-state index contributed by atoms with van der Waals surface area (Å²) >= 11 is 0. The summed E-state index contributed by atoms with van der Waals surface area (Å²) in [6.45, 7) is 5.45. The van der Waals surface area contributed by atoms with E-state index in [2.05, 4.69) is 10.5 Å². The Labute approximate surface area is 140 Å². The predicted octanol–water partition coefficient (Wildman–Crippen LogP) is 2.55. The van der Waals surface area contributed by atoms with Crippen molar-refractivity contribution in [2.75, 3.05) is 6.61 Å². The molecule has 0 saturated carbocycles. The Morgan fingerprint density at radius 3 is 2.67 bits per heavy atom. The summed E-state index contributed by atoms with van der Waals surface area (Å²) in [6.07, 6.45) is 1.32. The first-order valence-electron chi connectivity index (χ1n) is 7.42. The molecule has 2 rings (SSSR count). The van der Waals surface area contributed by atoms with Gasteiger partial charge in [0.05, 0.1) is 6.21 Å². The van der Waals surface area contributed by atoms with Crippen LogP contribution in [0.5, 0.6) is 17.2 Å². The summed E-state index contributed by atoms with van der Waals surface area (Å²) in [6, 6.07) is 8.34. The Balaban J connectivity index is 1.93. The second-order valence-corrected chi connectivity index (χ2v) is 5.48. The lowest BCUT2D eigenvalue weighted by atomic mass is 10.1. The number of ether oxygens (including phenoxy) is 1. The van der Waals surface area contributed by atoms with Gasteiger partial charge in [-0.3, -0.25) is 4.79 Å². The van der Waals surface area contributed by atoms with E-state index < -0.39 is 5.91 Å². The van der Waals surface area contributed by atoms with Crippen LogP contribution in [0, 0.1) is 20.8 Å². The molecule has 0 aliphatic rings. The van der Waals surface area contributed by atoms with Gasteiger partial charge in [0.2, 0.25) is 0 Å². The summed E-state index contributed by atoms with van der Waals surface area (Å²) in [5.41, 5.74) is 5.46. The molecule has 2 aromatic carbocycles. The summed E-state index contributed by atoms with van der Waals surface area (Å²) in [5.74, 6) is 0.0921. The van der Waals surface area contributed by atoms with Crippen LogP contribution in [0.15, 0.2) is 35.4 Å². The number of phenolic OH excluding ortho intramolecular Hbond substituents is 2. The molecular formula is C18H20N2O4. The average molecular weight is 328 g/mol. The first-order chi connectivity index (χ1) is 11.4. The van der Waals surface area contributed by atoms with E-state index in [0.717, 1.165) is 11.1 Å². The third kappa shape index (κ3) is 4.25. The van der Waals surface area contributed by atoms with E-state index in [-0.39, 0.29) is 18.1 Å². The number of hydrogen-bond acceptors (Lipinski definition) is 5. The normalized spacial score (nSPS) is 10.8. The van der Waals surface area contributed by atoms with Crippen LogP contribution in [-0.4, -0.2) is 28.9 Å². The van der Waals surface area contributed by atoms with Gasteiger partial charge in [-0.15, -0.1) is 0 Å². The monoisotopic (exact) mass is 328 g/mol. The molecule has 1 amide bonds. The topological polar surface area (TPSA) is 91.2 Å². The van der Waals surface area contributed by atoms with Crippen molar-refractivity contribution in [3.05, 3.63) is 52.6 Å². The molecule has 0 aliphatic heterocycles. The fourth-order valence-corrected chi connectivity index (χ4v) is 2.15. The van der Waals surface area contributed by atoms with E-state index in [9.17, 15) is 15.0 Å². The number of carbonyl (C=O) groups excluding carboxylic acids is 1. The Morgan fingerprint density at radius 1 is 1.21 bits per heavy atom. The molecule has 3 N–H and O–H groups in total. The molecule has 0 heterocycles. The number of benzene rings is 2. The summed E-state index contributed by atoms with van der Waals surface area (Å²) < 4.78 is 5.48. The van der Waals surface area contributed by atoms with Crippen molar-refractivity contribution in [1.29, 1.82) is 0 Å². The van der Waals surface area contributed by atoms with Crippen LogP contribution < -0.4 is 10.2 Å². The lowest BCUT2D eigenvalue weighted by Gasteiger charge is -2.09. The Bertz CT molecular complexity index is 762. The highest BCUT2D eigenvalue weighted by Gasteiger charge is 2.07. The number of nitrogens with one attached hydrogen (secondary N) is 1. The Hall–Kier alpha value is -3.02. The van der Waals surface area contributed by atoms with Gasteiger partial charge in [0.1, 0.15) is 17.2 Å². The predicted molar refractivity (Wildman–Crippen MR) is 91.7 cm³/mol. The highest BCUT2D eigenvalue weighted by Crippen LogP contribution is 2.25. The van der Waals surface area contributed by atoms with Gasteiger partial charge < -0.3 is 14.9 Å². The molecular weight excluding hydrogens is 308 g/mol. The minimum atomic E-state index is -0.414. The van der Waals surface area contributed by atoms with E-state index in [1.54, 1.807) is 13.0 Å². The molecule has 126 valence electrons. The number of amides is 1. The fourth-order valence-electron chi connectivity index (χ4n) is 2.15. The molecule has 0 spiro atoms. The van der Waals surface area contributed by atoms with Crippen LogP contribution in [0.1, 0.15) is 22.3 Å². The zero-order valence-electron chi connectivity index (χ0n) is 13.8. The minimum absolute atomic E-state index is 0.0342. The quantitative estimate of drug-likeness (QED) is 0.581. The maximum atomic E-state index is 11.8. The van der Waals surface area contributed by atoms with Crippen molar-refractivity contribution in [3.63, 3.8) is 0 Å². The lowest BCUT2D eigenvalue weighted by Crippen LogP contribution is -2.24. The number of hydrazone groups is 1. The molecule has 0 aliphatic carbocycles.